The van der Waals surface area contributed by atoms with Gasteiger partial charge in [-0.15, -0.1) is 4.68 Å². The zero-order valence-corrected chi connectivity index (χ0v) is 24.9. The number of benzene rings is 1. The molecule has 0 saturated heterocycles. The predicted molar refractivity (Wildman–Crippen MR) is 146 cm³/mol. The molecule has 0 aliphatic rings. The van der Waals surface area contributed by atoms with Crippen molar-refractivity contribution in [2.45, 2.75) is 46.8 Å². The van der Waals surface area contributed by atoms with Gasteiger partial charge in [-0.05, 0) is 51.7 Å². The van der Waals surface area contributed by atoms with Crippen molar-refractivity contribution in [3.63, 3.8) is 0 Å². The maximum atomic E-state index is 12.9. The number of alkyl carbamates (subject to hydrolysis) is 1. The van der Waals surface area contributed by atoms with Crippen LogP contribution < -0.4 is 24.6 Å². The largest absolute Gasteiger partial charge is 0.530 e. The number of nitrogens with zero attached hydrogens (tertiary/aromatic N) is 3. The molecule has 0 atom stereocenters. The first kappa shape index (κ1) is 33.3. The topological polar surface area (TPSA) is 192 Å². The molecule has 2 rings (SSSR count). The number of carbonyl (C=O) groups is 2. The van der Waals surface area contributed by atoms with E-state index in [1.165, 1.54) is 26.4 Å². The molecular weight excluding hydrogens is 565 g/mol. The molecule has 0 unspecified atom stereocenters. The van der Waals surface area contributed by atoms with Crippen LogP contribution in [0.4, 0.5) is 10.6 Å². The molecule has 1 heterocycles. The minimum atomic E-state index is -4.00. The Morgan fingerprint density at radius 1 is 1.02 bits per heavy atom. The second-order valence-electron chi connectivity index (χ2n) is 9.19. The fourth-order valence-corrected chi connectivity index (χ4v) is 4.55. The first-order valence-electron chi connectivity index (χ1n) is 12.6. The van der Waals surface area contributed by atoms with Gasteiger partial charge in [-0.25, -0.2) is 9.36 Å². The summed E-state index contributed by atoms with van der Waals surface area (Å²) in [5.41, 5.74) is -0.453. The third-order valence-corrected chi connectivity index (χ3v) is 6.44. The summed E-state index contributed by atoms with van der Waals surface area (Å²) in [6.07, 6.45) is -0.646. The lowest BCUT2D eigenvalue weighted by molar-refractivity contribution is -0.392. The zero-order chi connectivity index (χ0) is 30.8. The van der Waals surface area contributed by atoms with Gasteiger partial charge >= 0.3 is 19.7 Å². The standard InChI is InChI=1S/C24H36N5O11P/c1-8-37-41(34,38-9-2)40-21-18(35-6)12-16(13-19(21)36-7)15-28-20(29(32)33)14-17(27-28)22(30)25-10-11-26-23(31)39-24(3,4)5/h12-14H,8-11,15H2,1-7H3,(H,25,30)(H,26,31). The number of ether oxygens (including phenoxy) is 3. The lowest BCUT2D eigenvalue weighted by Crippen LogP contribution is -2.38. The molecule has 0 aliphatic heterocycles. The number of aromatic nitrogens is 2. The van der Waals surface area contributed by atoms with Gasteiger partial charge in [0.1, 0.15) is 12.1 Å². The van der Waals surface area contributed by atoms with Crippen molar-refractivity contribution < 1.29 is 46.9 Å². The van der Waals surface area contributed by atoms with Crippen molar-refractivity contribution in [2.24, 2.45) is 0 Å². The Kier molecular flexibility index (Phi) is 11.9. The number of nitrogens with one attached hydrogen (secondary N) is 2. The molecule has 0 bridgehead atoms. The summed E-state index contributed by atoms with van der Waals surface area (Å²) >= 11 is 0. The minimum absolute atomic E-state index is 0.0297. The van der Waals surface area contributed by atoms with E-state index >= 15 is 0 Å². The van der Waals surface area contributed by atoms with Gasteiger partial charge in [-0.3, -0.25) is 13.8 Å². The van der Waals surface area contributed by atoms with E-state index in [4.69, 9.17) is 27.8 Å². The maximum Gasteiger partial charge on any atom is 0.530 e. The van der Waals surface area contributed by atoms with Crippen molar-refractivity contribution in [1.29, 1.82) is 0 Å². The quantitative estimate of drug-likeness (QED) is 0.130. The van der Waals surface area contributed by atoms with E-state index in [2.05, 4.69) is 15.7 Å². The lowest BCUT2D eigenvalue weighted by Gasteiger charge is -2.20. The smallest absolute Gasteiger partial charge is 0.493 e. The monoisotopic (exact) mass is 601 g/mol. The molecule has 0 spiro atoms. The van der Waals surface area contributed by atoms with E-state index < -0.39 is 36.2 Å². The number of hydrogen-bond donors (Lipinski definition) is 2. The van der Waals surface area contributed by atoms with Crippen LogP contribution in [0.15, 0.2) is 18.2 Å². The van der Waals surface area contributed by atoms with Crippen LogP contribution in [-0.2, 0) is 24.9 Å². The third-order valence-electron chi connectivity index (χ3n) is 4.89. The highest BCUT2D eigenvalue weighted by molar-refractivity contribution is 7.48. The summed E-state index contributed by atoms with van der Waals surface area (Å²) in [7, 11) is -1.32. The van der Waals surface area contributed by atoms with E-state index in [1.807, 2.05) is 0 Å². The molecule has 2 aromatic rings. The van der Waals surface area contributed by atoms with Crippen LogP contribution in [0, 0.1) is 10.1 Å². The third kappa shape index (κ3) is 9.92. The van der Waals surface area contributed by atoms with E-state index in [0.717, 1.165) is 10.7 Å². The number of nitro groups is 1. The van der Waals surface area contributed by atoms with Crippen molar-refractivity contribution in [2.75, 3.05) is 40.5 Å². The Morgan fingerprint density at radius 2 is 1.59 bits per heavy atom. The molecule has 228 valence electrons. The van der Waals surface area contributed by atoms with Gasteiger partial charge in [0.05, 0.1) is 33.5 Å². The lowest BCUT2D eigenvalue weighted by atomic mass is 10.2. The Morgan fingerprint density at radius 3 is 2.07 bits per heavy atom. The number of hydrogen-bond acceptors (Lipinski definition) is 12. The Labute approximate surface area is 237 Å². The Bertz CT molecular complexity index is 1240. The van der Waals surface area contributed by atoms with Gasteiger partial charge in [0.15, 0.2) is 17.2 Å². The van der Waals surface area contributed by atoms with Crippen LogP contribution in [0.2, 0.25) is 0 Å². The van der Waals surface area contributed by atoms with Crippen LogP contribution in [0.5, 0.6) is 17.2 Å². The average Bonchev–Trinajstić information content (AvgIpc) is 3.30. The number of amides is 2. The minimum Gasteiger partial charge on any atom is -0.493 e. The number of methoxy groups -OCH3 is 2. The Balaban J connectivity index is 2.24. The molecule has 16 nitrogen and oxygen atoms in total. The van der Waals surface area contributed by atoms with Crippen molar-refractivity contribution in [3.8, 4) is 17.2 Å². The van der Waals surface area contributed by atoms with E-state index in [0.29, 0.717) is 5.56 Å². The highest BCUT2D eigenvalue weighted by Crippen LogP contribution is 2.54. The summed E-state index contributed by atoms with van der Waals surface area (Å²) in [5, 5.41) is 20.8. The summed E-state index contributed by atoms with van der Waals surface area (Å²) in [4.78, 5) is 35.3. The molecule has 2 N–H and O–H groups in total. The van der Waals surface area contributed by atoms with Crippen molar-refractivity contribution in [1.82, 2.24) is 20.4 Å². The molecule has 1 aromatic carbocycles. The van der Waals surface area contributed by atoms with Crippen LogP contribution in [0.25, 0.3) is 0 Å². The summed E-state index contributed by atoms with van der Waals surface area (Å²) < 4.78 is 45.7. The molecule has 2 amide bonds. The van der Waals surface area contributed by atoms with Crippen LogP contribution >= 0.6 is 7.82 Å². The molecule has 1 aromatic heterocycles. The van der Waals surface area contributed by atoms with Gasteiger partial charge < -0.3 is 39.5 Å². The zero-order valence-electron chi connectivity index (χ0n) is 24.0. The van der Waals surface area contributed by atoms with Gasteiger partial charge in [-0.1, -0.05) is 5.10 Å². The fourth-order valence-electron chi connectivity index (χ4n) is 3.33. The van der Waals surface area contributed by atoms with Crippen molar-refractivity contribution in [3.05, 3.63) is 39.6 Å². The molecule has 0 saturated carbocycles. The van der Waals surface area contributed by atoms with E-state index in [-0.39, 0.29) is 55.8 Å². The Hall–Kier alpha value is -3.88. The van der Waals surface area contributed by atoms with Gasteiger partial charge in [0, 0.05) is 18.7 Å². The number of rotatable bonds is 15. The maximum absolute atomic E-state index is 12.9. The van der Waals surface area contributed by atoms with Crippen LogP contribution in [0.3, 0.4) is 0 Å². The average molecular weight is 602 g/mol. The van der Waals surface area contributed by atoms with E-state index in [9.17, 15) is 24.3 Å². The highest BCUT2D eigenvalue weighted by atomic mass is 31.2. The fraction of sp³-hybridized carbons (Fsp3) is 0.542. The highest BCUT2D eigenvalue weighted by Gasteiger charge is 2.32. The number of phosphoric ester groups is 1. The van der Waals surface area contributed by atoms with Crippen molar-refractivity contribution >= 4 is 25.6 Å². The molecule has 17 heteroatoms. The van der Waals surface area contributed by atoms with Gasteiger partial charge in [0.25, 0.3) is 5.91 Å². The molecule has 41 heavy (non-hydrogen) atoms. The normalized spacial score (nSPS) is 11.5. The summed E-state index contributed by atoms with van der Waals surface area (Å²) in [6, 6.07) is 3.99. The van der Waals surface area contributed by atoms with Gasteiger partial charge in [0.2, 0.25) is 5.75 Å². The molecule has 0 fully saturated rings. The SMILES string of the molecule is CCOP(=O)(OCC)Oc1c(OC)cc(Cn2nc(C(=O)NCCNC(=O)OC(C)(C)C)cc2[N+](=O)[O-])cc1OC. The number of phosphoric acid groups is 1. The summed E-state index contributed by atoms with van der Waals surface area (Å²) in [6.45, 7) is 8.44. The number of carbonyl (C=O) groups excluding carboxylic acids is 2. The predicted octanol–water partition coefficient (Wildman–Crippen LogP) is 3.67. The molecule has 0 aliphatic carbocycles. The second kappa shape index (κ2) is 14.7. The van der Waals surface area contributed by atoms with Gasteiger partial charge in [-0.2, -0.15) is 0 Å². The summed E-state index contributed by atoms with van der Waals surface area (Å²) in [5.74, 6) is -1.01. The first-order valence-corrected chi connectivity index (χ1v) is 14.0. The van der Waals surface area contributed by atoms with Crippen LogP contribution in [-0.4, -0.2) is 72.8 Å². The molecule has 0 radical (unpaired) electrons. The second-order valence-corrected chi connectivity index (χ2v) is 10.8. The first-order chi connectivity index (χ1) is 19.3. The van der Waals surface area contributed by atoms with Crippen LogP contribution in [0.1, 0.15) is 50.7 Å². The van der Waals surface area contributed by atoms with E-state index in [1.54, 1.807) is 34.6 Å². The molecular formula is C24H36N5O11P.